The van der Waals surface area contributed by atoms with Crippen molar-refractivity contribution < 1.29 is 13.9 Å². The van der Waals surface area contributed by atoms with Crippen LogP contribution < -0.4 is 10.5 Å². The Kier molecular flexibility index (Phi) is 6.19. The van der Waals surface area contributed by atoms with Gasteiger partial charge in [0.15, 0.2) is 10.8 Å². The first-order valence-electron chi connectivity index (χ1n) is 12.9. The number of rotatable bonds is 6. The molecule has 1 aliphatic heterocycles. The summed E-state index contributed by atoms with van der Waals surface area (Å²) < 4.78 is 20.2. The van der Waals surface area contributed by atoms with E-state index in [1.165, 1.54) is 17.4 Å². The molecule has 8 nitrogen and oxygen atoms in total. The van der Waals surface area contributed by atoms with Crippen molar-refractivity contribution in [3.63, 3.8) is 0 Å². The fourth-order valence-corrected chi connectivity index (χ4v) is 6.07. The third kappa shape index (κ3) is 4.90. The highest BCUT2D eigenvalue weighted by Crippen LogP contribution is 2.48. The van der Waals surface area contributed by atoms with Gasteiger partial charge in [0.2, 0.25) is 5.88 Å². The molecule has 3 atom stereocenters. The third-order valence-electron chi connectivity index (χ3n) is 7.41. The van der Waals surface area contributed by atoms with Crippen LogP contribution in [0.4, 0.5) is 4.39 Å². The predicted molar refractivity (Wildman–Crippen MR) is 147 cm³/mol. The largest absolute Gasteiger partial charge is 0.474 e. The first kappa shape index (κ1) is 25.5. The second-order valence-corrected chi connectivity index (χ2v) is 11.9. The van der Waals surface area contributed by atoms with E-state index in [0.29, 0.717) is 51.6 Å². The van der Waals surface area contributed by atoms with E-state index in [4.69, 9.17) is 15.5 Å². The van der Waals surface area contributed by atoms with Gasteiger partial charge in [-0.15, -0.1) is 11.3 Å². The van der Waals surface area contributed by atoms with E-state index in [9.17, 15) is 9.18 Å². The van der Waals surface area contributed by atoms with Crippen molar-refractivity contribution >= 4 is 17.2 Å². The zero-order chi connectivity index (χ0) is 27.5. The van der Waals surface area contributed by atoms with Crippen LogP contribution in [0.1, 0.15) is 40.3 Å². The fourth-order valence-electron chi connectivity index (χ4n) is 5.09. The number of pyridine rings is 1. The van der Waals surface area contributed by atoms with Crippen LogP contribution in [-0.2, 0) is 5.54 Å². The quantitative estimate of drug-likeness (QED) is 0.373. The predicted octanol–water partition coefficient (Wildman–Crippen LogP) is 4.76. The van der Waals surface area contributed by atoms with Gasteiger partial charge in [-0.2, -0.15) is 0 Å². The van der Waals surface area contributed by atoms with Crippen molar-refractivity contribution in [1.29, 1.82) is 0 Å². The van der Waals surface area contributed by atoms with Gasteiger partial charge < -0.3 is 15.4 Å². The van der Waals surface area contributed by atoms with Crippen LogP contribution >= 0.6 is 11.3 Å². The molecule has 0 unspecified atom stereocenters. The molecule has 1 aromatic carbocycles. The molecule has 2 fully saturated rings. The number of carbonyl (C=O) groups excluding carboxylic acids is 1. The summed E-state index contributed by atoms with van der Waals surface area (Å²) in [6.45, 7) is 8.67. The van der Waals surface area contributed by atoms with Crippen LogP contribution in [-0.4, -0.2) is 49.9 Å². The minimum Gasteiger partial charge on any atom is -0.474 e. The summed E-state index contributed by atoms with van der Waals surface area (Å²) in [5.41, 5.74) is 9.43. The smallest absolute Gasteiger partial charge is 0.265 e. The Morgan fingerprint density at radius 2 is 1.82 bits per heavy atom. The average Bonchev–Trinajstić information content (AvgIpc) is 3.22. The van der Waals surface area contributed by atoms with Gasteiger partial charge in [-0.25, -0.2) is 24.3 Å². The van der Waals surface area contributed by atoms with Crippen LogP contribution in [0.25, 0.3) is 22.1 Å². The van der Waals surface area contributed by atoms with E-state index >= 15 is 0 Å². The molecular formula is C29H29FN6O2S. The van der Waals surface area contributed by atoms with Gasteiger partial charge >= 0.3 is 0 Å². The average molecular weight is 545 g/mol. The lowest BCUT2D eigenvalue weighted by atomic mass is 9.94. The maximum absolute atomic E-state index is 13.9. The van der Waals surface area contributed by atoms with Crippen molar-refractivity contribution in [3.05, 3.63) is 76.3 Å². The molecule has 4 heterocycles. The number of halogens is 1. The SMILES string of the molecule is Cc1cc(-c2cc(C(C)(C)N)cc(O[C@@H]3[C@@H]4CN(C(=O)c5sc(-c6ncccn6)nc5C)C[C@@H]43)n2)ccc1F. The second-order valence-electron chi connectivity index (χ2n) is 10.9. The maximum atomic E-state index is 13.9. The van der Waals surface area contributed by atoms with E-state index in [0.717, 1.165) is 11.1 Å². The summed E-state index contributed by atoms with van der Waals surface area (Å²) in [6.07, 6.45) is 3.31. The van der Waals surface area contributed by atoms with E-state index in [2.05, 4.69) is 15.0 Å². The van der Waals surface area contributed by atoms with Gasteiger partial charge in [-0.1, -0.05) is 0 Å². The number of hydrogen-bond acceptors (Lipinski definition) is 8. The summed E-state index contributed by atoms with van der Waals surface area (Å²) >= 11 is 1.33. The molecule has 6 rings (SSSR count). The van der Waals surface area contributed by atoms with Gasteiger partial charge in [0.25, 0.3) is 5.91 Å². The monoisotopic (exact) mass is 544 g/mol. The topological polar surface area (TPSA) is 107 Å². The number of aryl methyl sites for hydroxylation is 2. The Morgan fingerprint density at radius 3 is 2.49 bits per heavy atom. The molecule has 2 N–H and O–H groups in total. The zero-order valence-corrected chi connectivity index (χ0v) is 23.0. The number of benzene rings is 1. The molecule has 0 spiro atoms. The molecule has 2 aliphatic rings. The van der Waals surface area contributed by atoms with Crippen molar-refractivity contribution in [3.8, 4) is 28.0 Å². The Bertz CT molecular complexity index is 1560. The van der Waals surface area contributed by atoms with Gasteiger partial charge in [-0.05, 0) is 69.2 Å². The van der Waals surface area contributed by atoms with E-state index < -0.39 is 5.54 Å². The van der Waals surface area contributed by atoms with Crippen LogP contribution in [0.2, 0.25) is 0 Å². The normalized spacial score (nSPS) is 20.2. The lowest BCUT2D eigenvalue weighted by Crippen LogP contribution is -2.33. The minimum absolute atomic E-state index is 0.0166. The number of thiazole rings is 1. The summed E-state index contributed by atoms with van der Waals surface area (Å²) in [7, 11) is 0. The number of hydrogen-bond donors (Lipinski definition) is 1. The van der Waals surface area contributed by atoms with Gasteiger partial charge in [0, 0.05) is 54.5 Å². The third-order valence-corrected chi connectivity index (χ3v) is 8.55. The van der Waals surface area contributed by atoms with Crippen LogP contribution in [0.5, 0.6) is 5.88 Å². The summed E-state index contributed by atoms with van der Waals surface area (Å²) in [4.78, 5) is 33.6. The number of amides is 1. The van der Waals surface area contributed by atoms with E-state index in [1.54, 1.807) is 37.5 Å². The standard InChI is InChI=1S/C29H29FN6O2S/c1-15-10-17(6-7-21(15)30)22-11-18(29(3,4)31)12-23(35-22)38-24-19-13-36(14-20(19)24)28(37)25-16(2)34-27(39-25)26-32-8-5-9-33-26/h5-12,19-20,24H,13-14,31H2,1-4H3/t19-,20+,24-. The lowest BCUT2D eigenvalue weighted by molar-refractivity contribution is 0.0755. The first-order valence-corrected chi connectivity index (χ1v) is 13.7. The van der Waals surface area contributed by atoms with E-state index in [-0.39, 0.29) is 29.7 Å². The van der Waals surface area contributed by atoms with Crippen molar-refractivity contribution in [1.82, 2.24) is 24.8 Å². The van der Waals surface area contributed by atoms with Gasteiger partial charge in [0.05, 0.1) is 11.4 Å². The Labute approximate surface area is 230 Å². The summed E-state index contributed by atoms with van der Waals surface area (Å²) in [5, 5.41) is 0.642. The maximum Gasteiger partial charge on any atom is 0.265 e. The molecule has 1 aliphatic carbocycles. The molecule has 200 valence electrons. The van der Waals surface area contributed by atoms with Crippen molar-refractivity contribution in [2.75, 3.05) is 13.1 Å². The Hall–Kier alpha value is -3.76. The van der Waals surface area contributed by atoms with Crippen LogP contribution in [0.15, 0.2) is 48.8 Å². The number of nitrogens with two attached hydrogens (primary N) is 1. The number of nitrogens with zero attached hydrogens (tertiary/aromatic N) is 5. The molecule has 4 aromatic rings. The minimum atomic E-state index is -0.607. The number of ether oxygens (including phenoxy) is 1. The number of carbonyl (C=O) groups is 1. The molecule has 0 bridgehead atoms. The highest BCUT2D eigenvalue weighted by atomic mass is 32.1. The van der Waals surface area contributed by atoms with Crippen LogP contribution in [0.3, 0.4) is 0 Å². The van der Waals surface area contributed by atoms with Crippen LogP contribution in [0, 0.1) is 31.5 Å². The van der Waals surface area contributed by atoms with E-state index in [1.807, 2.05) is 37.8 Å². The number of piperidine rings is 1. The van der Waals surface area contributed by atoms with Gasteiger partial charge in [-0.3, -0.25) is 4.79 Å². The second kappa shape index (κ2) is 9.46. The molecule has 10 heteroatoms. The van der Waals surface area contributed by atoms with Crippen molar-refractivity contribution in [2.24, 2.45) is 17.6 Å². The number of fused-ring (bicyclic) bond motifs is 1. The highest BCUT2D eigenvalue weighted by molar-refractivity contribution is 7.17. The lowest BCUT2D eigenvalue weighted by Gasteiger charge is -2.22. The Balaban J connectivity index is 1.17. The van der Waals surface area contributed by atoms with Gasteiger partial charge in [0.1, 0.15) is 16.8 Å². The molecule has 1 saturated carbocycles. The molecule has 0 radical (unpaired) electrons. The molecule has 1 amide bonds. The first-order chi connectivity index (χ1) is 18.6. The zero-order valence-electron chi connectivity index (χ0n) is 22.2. The molecular weight excluding hydrogens is 515 g/mol. The molecule has 1 saturated heterocycles. The highest BCUT2D eigenvalue weighted by Gasteiger charge is 2.59. The molecule has 39 heavy (non-hydrogen) atoms. The number of aromatic nitrogens is 4. The van der Waals surface area contributed by atoms with Crippen molar-refractivity contribution in [2.45, 2.75) is 39.3 Å². The fraction of sp³-hybridized carbons (Fsp3) is 0.345. The summed E-state index contributed by atoms with van der Waals surface area (Å²) in [5.74, 6) is 1.23. The number of likely N-dealkylation sites (tertiary alicyclic amines) is 1. The summed E-state index contributed by atoms with van der Waals surface area (Å²) in [6, 6.07) is 10.5. The molecule has 3 aromatic heterocycles. The Morgan fingerprint density at radius 1 is 1.10 bits per heavy atom.